The van der Waals surface area contributed by atoms with Gasteiger partial charge in [-0.2, -0.15) is 0 Å². The van der Waals surface area contributed by atoms with Crippen LogP contribution in [0.3, 0.4) is 0 Å². The van der Waals surface area contributed by atoms with Crippen LogP contribution in [0.25, 0.3) is 0 Å². The molecule has 0 spiro atoms. The zero-order chi connectivity index (χ0) is 12.7. The molecule has 1 heterocycles. The zero-order valence-electron chi connectivity index (χ0n) is 11.5. The molecule has 0 aliphatic rings. The molecule has 96 valence electrons. The van der Waals surface area contributed by atoms with E-state index in [1.807, 2.05) is 6.92 Å². The lowest BCUT2D eigenvalue weighted by atomic mass is 10.1. The predicted octanol–water partition coefficient (Wildman–Crippen LogP) is 2.99. The second-order valence-corrected chi connectivity index (χ2v) is 4.35. The minimum absolute atomic E-state index is 0.755. The van der Waals surface area contributed by atoms with Gasteiger partial charge in [0.15, 0.2) is 0 Å². The SMILES string of the molecule is CCCCOc1nc(C)cc(C)c1CNCC. The minimum Gasteiger partial charge on any atom is -0.477 e. The molecular formula is C14H24N2O. The molecule has 0 radical (unpaired) electrons. The number of ether oxygens (including phenoxy) is 1. The number of rotatable bonds is 7. The van der Waals surface area contributed by atoms with Crippen LogP contribution in [0.1, 0.15) is 43.5 Å². The largest absolute Gasteiger partial charge is 0.477 e. The fourth-order valence-corrected chi connectivity index (χ4v) is 1.73. The summed E-state index contributed by atoms with van der Waals surface area (Å²) in [6, 6.07) is 2.11. The van der Waals surface area contributed by atoms with E-state index in [0.717, 1.165) is 44.1 Å². The average molecular weight is 236 g/mol. The summed E-state index contributed by atoms with van der Waals surface area (Å²) < 4.78 is 5.79. The van der Waals surface area contributed by atoms with E-state index in [2.05, 4.69) is 37.1 Å². The molecule has 0 amide bonds. The number of hydrogen-bond donors (Lipinski definition) is 1. The summed E-state index contributed by atoms with van der Waals surface area (Å²) in [5, 5.41) is 3.34. The van der Waals surface area contributed by atoms with E-state index in [1.54, 1.807) is 0 Å². The lowest BCUT2D eigenvalue weighted by molar-refractivity contribution is 0.293. The average Bonchev–Trinajstić information content (AvgIpc) is 2.28. The quantitative estimate of drug-likeness (QED) is 0.739. The Morgan fingerprint density at radius 2 is 2.06 bits per heavy atom. The predicted molar refractivity (Wildman–Crippen MR) is 71.5 cm³/mol. The van der Waals surface area contributed by atoms with E-state index >= 15 is 0 Å². The smallest absolute Gasteiger partial charge is 0.218 e. The molecular weight excluding hydrogens is 212 g/mol. The van der Waals surface area contributed by atoms with E-state index in [0.29, 0.717) is 0 Å². The van der Waals surface area contributed by atoms with Crippen molar-refractivity contribution < 1.29 is 4.74 Å². The van der Waals surface area contributed by atoms with Gasteiger partial charge in [-0.15, -0.1) is 0 Å². The molecule has 0 saturated carbocycles. The summed E-state index contributed by atoms with van der Waals surface area (Å²) in [7, 11) is 0. The number of aryl methyl sites for hydroxylation is 2. The van der Waals surface area contributed by atoms with E-state index in [1.165, 1.54) is 11.1 Å². The van der Waals surface area contributed by atoms with Gasteiger partial charge in [-0.25, -0.2) is 4.98 Å². The third-order valence-corrected chi connectivity index (χ3v) is 2.73. The van der Waals surface area contributed by atoms with E-state index < -0.39 is 0 Å². The highest BCUT2D eigenvalue weighted by Gasteiger charge is 2.09. The van der Waals surface area contributed by atoms with Gasteiger partial charge in [-0.3, -0.25) is 0 Å². The normalized spacial score (nSPS) is 10.6. The number of nitrogens with one attached hydrogen (secondary N) is 1. The Bertz CT molecular complexity index is 350. The molecule has 0 bridgehead atoms. The van der Waals surface area contributed by atoms with E-state index in [-0.39, 0.29) is 0 Å². The Kier molecular flexibility index (Phi) is 5.98. The second-order valence-electron chi connectivity index (χ2n) is 4.35. The molecule has 3 heteroatoms. The number of pyridine rings is 1. The maximum atomic E-state index is 5.79. The van der Waals surface area contributed by atoms with Crippen molar-refractivity contribution in [3.05, 3.63) is 22.9 Å². The molecule has 0 aliphatic carbocycles. The molecule has 1 aromatic heterocycles. The first kappa shape index (κ1) is 14.0. The van der Waals surface area contributed by atoms with Gasteiger partial charge in [-0.05, 0) is 38.4 Å². The number of unbranched alkanes of at least 4 members (excludes halogenated alkanes) is 1. The molecule has 1 aromatic rings. The highest BCUT2D eigenvalue weighted by atomic mass is 16.5. The minimum atomic E-state index is 0.755. The van der Waals surface area contributed by atoms with Crippen molar-refractivity contribution in [3.8, 4) is 5.88 Å². The van der Waals surface area contributed by atoms with Crippen molar-refractivity contribution in [2.24, 2.45) is 0 Å². The zero-order valence-corrected chi connectivity index (χ0v) is 11.5. The second kappa shape index (κ2) is 7.28. The first-order valence-corrected chi connectivity index (χ1v) is 6.49. The number of aromatic nitrogens is 1. The Labute approximate surface area is 105 Å². The fourth-order valence-electron chi connectivity index (χ4n) is 1.73. The molecule has 1 N–H and O–H groups in total. The molecule has 0 unspecified atom stereocenters. The van der Waals surface area contributed by atoms with Gasteiger partial charge >= 0.3 is 0 Å². The molecule has 17 heavy (non-hydrogen) atoms. The van der Waals surface area contributed by atoms with Gasteiger partial charge in [0.1, 0.15) is 0 Å². The third-order valence-electron chi connectivity index (χ3n) is 2.73. The van der Waals surface area contributed by atoms with E-state index in [9.17, 15) is 0 Å². The van der Waals surface area contributed by atoms with Crippen LogP contribution in [-0.2, 0) is 6.54 Å². The Balaban J connectivity index is 2.82. The topological polar surface area (TPSA) is 34.1 Å². The van der Waals surface area contributed by atoms with Gasteiger partial charge in [0.2, 0.25) is 5.88 Å². The van der Waals surface area contributed by atoms with Crippen LogP contribution >= 0.6 is 0 Å². The molecule has 0 atom stereocenters. The maximum absolute atomic E-state index is 5.79. The van der Waals surface area contributed by atoms with Crippen LogP contribution in [0.15, 0.2) is 6.07 Å². The van der Waals surface area contributed by atoms with Crippen molar-refractivity contribution >= 4 is 0 Å². The van der Waals surface area contributed by atoms with Crippen LogP contribution in [0.5, 0.6) is 5.88 Å². The lowest BCUT2D eigenvalue weighted by Crippen LogP contribution is -2.15. The fraction of sp³-hybridized carbons (Fsp3) is 0.643. The Hall–Kier alpha value is -1.09. The number of nitrogens with zero attached hydrogens (tertiary/aromatic N) is 1. The molecule has 0 aromatic carbocycles. The van der Waals surface area contributed by atoms with Crippen LogP contribution in [-0.4, -0.2) is 18.1 Å². The van der Waals surface area contributed by atoms with Gasteiger partial charge < -0.3 is 10.1 Å². The summed E-state index contributed by atoms with van der Waals surface area (Å²) in [4.78, 5) is 4.50. The first-order chi connectivity index (χ1) is 8.19. The van der Waals surface area contributed by atoms with Gasteiger partial charge in [-0.1, -0.05) is 20.3 Å². The van der Waals surface area contributed by atoms with Crippen molar-refractivity contribution in [1.29, 1.82) is 0 Å². The summed E-state index contributed by atoms with van der Waals surface area (Å²) >= 11 is 0. The summed E-state index contributed by atoms with van der Waals surface area (Å²) in [6.07, 6.45) is 2.22. The molecule has 1 rings (SSSR count). The molecule has 0 fully saturated rings. The van der Waals surface area contributed by atoms with Crippen LogP contribution < -0.4 is 10.1 Å². The van der Waals surface area contributed by atoms with Crippen LogP contribution in [0.2, 0.25) is 0 Å². The third kappa shape index (κ3) is 4.35. The van der Waals surface area contributed by atoms with Crippen molar-refractivity contribution in [2.75, 3.05) is 13.2 Å². The van der Waals surface area contributed by atoms with Crippen molar-refractivity contribution in [3.63, 3.8) is 0 Å². The highest BCUT2D eigenvalue weighted by molar-refractivity contribution is 5.35. The molecule has 0 saturated heterocycles. The Morgan fingerprint density at radius 3 is 2.71 bits per heavy atom. The van der Waals surface area contributed by atoms with Gasteiger partial charge in [0.05, 0.1) is 6.61 Å². The van der Waals surface area contributed by atoms with Crippen LogP contribution in [0.4, 0.5) is 0 Å². The Morgan fingerprint density at radius 1 is 1.29 bits per heavy atom. The van der Waals surface area contributed by atoms with Gasteiger partial charge in [0.25, 0.3) is 0 Å². The summed E-state index contributed by atoms with van der Waals surface area (Å²) in [6.45, 7) is 10.9. The monoisotopic (exact) mass is 236 g/mol. The molecule has 0 aliphatic heterocycles. The molecule has 3 nitrogen and oxygen atoms in total. The first-order valence-electron chi connectivity index (χ1n) is 6.49. The lowest BCUT2D eigenvalue weighted by Gasteiger charge is -2.14. The summed E-state index contributed by atoms with van der Waals surface area (Å²) in [5.74, 6) is 0.803. The standard InChI is InChI=1S/C14H24N2O/c1-5-7-8-17-14-13(10-15-6-2)11(3)9-12(4)16-14/h9,15H,5-8,10H2,1-4H3. The van der Waals surface area contributed by atoms with Crippen molar-refractivity contribution in [2.45, 2.75) is 47.1 Å². The van der Waals surface area contributed by atoms with Gasteiger partial charge in [0, 0.05) is 17.8 Å². The van der Waals surface area contributed by atoms with Crippen LogP contribution in [0, 0.1) is 13.8 Å². The number of hydrogen-bond acceptors (Lipinski definition) is 3. The highest BCUT2D eigenvalue weighted by Crippen LogP contribution is 2.21. The summed E-state index contributed by atoms with van der Waals surface area (Å²) in [5.41, 5.74) is 3.47. The van der Waals surface area contributed by atoms with E-state index in [4.69, 9.17) is 4.74 Å². The maximum Gasteiger partial charge on any atom is 0.218 e. The van der Waals surface area contributed by atoms with Crippen molar-refractivity contribution in [1.82, 2.24) is 10.3 Å².